The monoisotopic (exact) mass is 517 g/mol. The van der Waals surface area contributed by atoms with Crippen molar-refractivity contribution in [3.05, 3.63) is 53.1 Å². The standard InChI is InChI=1S/C32H39NO5/c1-19-25-17-22(37-6)13-15-23(25)28-27(20-10-8-7-9-11-20)24-14-12-21(29(34)38-31(2,3)4)16-26(24)33(28)18-32(19,5)30(35)36/h12-17,19-20H,7-11,18H2,1-6H3,(H,35,36)/t19?,32-/m0/s1. The number of benzene rings is 2. The molecule has 2 heterocycles. The molecule has 1 fully saturated rings. The average Bonchev–Trinajstić information content (AvgIpc) is 3.15. The Morgan fingerprint density at radius 2 is 1.76 bits per heavy atom. The molecule has 202 valence electrons. The number of carbonyl (C=O) groups is 2. The molecule has 2 atom stereocenters. The lowest BCUT2D eigenvalue weighted by Gasteiger charge is -2.31. The number of rotatable bonds is 4. The fraction of sp³-hybridized carbons (Fsp3) is 0.500. The van der Waals surface area contributed by atoms with Crippen molar-refractivity contribution in [2.24, 2.45) is 5.41 Å². The van der Waals surface area contributed by atoms with E-state index in [9.17, 15) is 14.7 Å². The molecule has 1 unspecified atom stereocenters. The van der Waals surface area contributed by atoms with Gasteiger partial charge in [-0.3, -0.25) is 4.79 Å². The van der Waals surface area contributed by atoms with E-state index in [1.807, 2.05) is 65.0 Å². The molecule has 2 aromatic carbocycles. The number of ether oxygens (including phenoxy) is 2. The van der Waals surface area contributed by atoms with Crippen LogP contribution >= 0.6 is 0 Å². The lowest BCUT2D eigenvalue weighted by Crippen LogP contribution is -2.36. The summed E-state index contributed by atoms with van der Waals surface area (Å²) in [5.41, 5.74) is 4.11. The first-order valence-electron chi connectivity index (χ1n) is 13.8. The van der Waals surface area contributed by atoms with Gasteiger partial charge in [0.25, 0.3) is 0 Å². The van der Waals surface area contributed by atoms with Gasteiger partial charge in [-0.05, 0) is 93.8 Å². The van der Waals surface area contributed by atoms with Crippen LogP contribution in [0.1, 0.15) is 100 Å². The topological polar surface area (TPSA) is 77.8 Å². The number of fused-ring (bicyclic) bond motifs is 5. The number of carboxylic acids is 1. The molecular formula is C32H39NO5. The van der Waals surface area contributed by atoms with E-state index >= 15 is 0 Å². The molecule has 1 saturated carbocycles. The van der Waals surface area contributed by atoms with E-state index in [1.54, 1.807) is 7.11 Å². The normalized spacial score (nSPS) is 21.9. The molecule has 1 aromatic heterocycles. The zero-order chi connectivity index (χ0) is 27.4. The van der Waals surface area contributed by atoms with Gasteiger partial charge in [0.05, 0.1) is 23.8 Å². The van der Waals surface area contributed by atoms with Crippen molar-refractivity contribution in [3.8, 4) is 17.0 Å². The Hall–Kier alpha value is -3.28. The lowest BCUT2D eigenvalue weighted by atomic mass is 9.73. The number of methoxy groups -OCH3 is 1. The number of carbonyl (C=O) groups excluding carboxylic acids is 1. The molecule has 0 spiro atoms. The Labute approximate surface area is 224 Å². The van der Waals surface area contributed by atoms with E-state index in [0.717, 1.165) is 46.3 Å². The smallest absolute Gasteiger partial charge is 0.338 e. The first kappa shape index (κ1) is 26.3. The van der Waals surface area contributed by atoms with Crippen LogP contribution in [0.25, 0.3) is 22.2 Å². The predicted molar refractivity (Wildman–Crippen MR) is 149 cm³/mol. The minimum Gasteiger partial charge on any atom is -0.497 e. The van der Waals surface area contributed by atoms with Crippen LogP contribution in [0.5, 0.6) is 5.75 Å². The van der Waals surface area contributed by atoms with Gasteiger partial charge in [-0.1, -0.05) is 32.3 Å². The Morgan fingerprint density at radius 1 is 1.05 bits per heavy atom. The van der Waals surface area contributed by atoms with Crippen LogP contribution < -0.4 is 4.74 Å². The molecule has 1 aliphatic carbocycles. The maximum Gasteiger partial charge on any atom is 0.338 e. The van der Waals surface area contributed by atoms with E-state index in [2.05, 4.69) is 10.6 Å². The summed E-state index contributed by atoms with van der Waals surface area (Å²) in [6.45, 7) is 9.73. The van der Waals surface area contributed by atoms with Crippen LogP contribution in [0.4, 0.5) is 0 Å². The molecule has 5 rings (SSSR count). The van der Waals surface area contributed by atoms with Gasteiger partial charge in [-0.25, -0.2) is 4.79 Å². The highest BCUT2D eigenvalue weighted by Gasteiger charge is 2.45. The largest absolute Gasteiger partial charge is 0.497 e. The van der Waals surface area contributed by atoms with Crippen LogP contribution in [0, 0.1) is 5.41 Å². The summed E-state index contributed by atoms with van der Waals surface area (Å²) >= 11 is 0. The average molecular weight is 518 g/mol. The minimum absolute atomic E-state index is 0.256. The SMILES string of the molecule is COc1ccc2c(c1)C(C)[C@@](C)(C(=O)O)Cn1c-2c(C2CCCCC2)c2ccc(C(=O)OC(C)(C)C)cc21. The van der Waals surface area contributed by atoms with Crippen LogP contribution in [0.3, 0.4) is 0 Å². The Kier molecular flexibility index (Phi) is 6.57. The molecule has 0 amide bonds. The van der Waals surface area contributed by atoms with Crippen molar-refractivity contribution in [2.75, 3.05) is 7.11 Å². The Bertz CT molecular complexity index is 1410. The number of hydrogen-bond donors (Lipinski definition) is 1. The zero-order valence-electron chi connectivity index (χ0n) is 23.4. The molecule has 1 N–H and O–H groups in total. The predicted octanol–water partition coefficient (Wildman–Crippen LogP) is 7.53. The third-order valence-electron chi connectivity index (χ3n) is 8.66. The first-order chi connectivity index (χ1) is 17.9. The molecule has 1 aliphatic heterocycles. The number of aromatic nitrogens is 1. The van der Waals surface area contributed by atoms with Gasteiger partial charge in [-0.15, -0.1) is 0 Å². The summed E-state index contributed by atoms with van der Waals surface area (Å²) in [6.07, 6.45) is 5.83. The summed E-state index contributed by atoms with van der Waals surface area (Å²) in [5, 5.41) is 11.7. The van der Waals surface area contributed by atoms with Crippen molar-refractivity contribution in [1.82, 2.24) is 4.57 Å². The van der Waals surface area contributed by atoms with E-state index in [0.29, 0.717) is 18.0 Å². The minimum atomic E-state index is -1.07. The number of hydrogen-bond acceptors (Lipinski definition) is 4. The van der Waals surface area contributed by atoms with E-state index in [4.69, 9.17) is 9.47 Å². The van der Waals surface area contributed by atoms with E-state index in [-0.39, 0.29) is 11.9 Å². The van der Waals surface area contributed by atoms with Crippen LogP contribution in [-0.2, 0) is 16.1 Å². The number of carboxylic acid groups (broad SMARTS) is 1. The van der Waals surface area contributed by atoms with Gasteiger partial charge in [0, 0.05) is 23.0 Å². The summed E-state index contributed by atoms with van der Waals surface area (Å²) in [5.74, 6) is -0.361. The van der Waals surface area contributed by atoms with Crippen molar-refractivity contribution in [2.45, 2.75) is 90.7 Å². The van der Waals surface area contributed by atoms with Gasteiger partial charge in [0.2, 0.25) is 0 Å². The second-order valence-corrected chi connectivity index (χ2v) is 12.3. The number of nitrogens with zero attached hydrogens (tertiary/aromatic N) is 1. The molecule has 0 saturated heterocycles. The van der Waals surface area contributed by atoms with Crippen LogP contribution in [0.2, 0.25) is 0 Å². The fourth-order valence-electron chi connectivity index (χ4n) is 6.40. The molecule has 38 heavy (non-hydrogen) atoms. The van der Waals surface area contributed by atoms with Crippen molar-refractivity contribution < 1.29 is 24.2 Å². The maximum absolute atomic E-state index is 13.1. The van der Waals surface area contributed by atoms with E-state index < -0.39 is 17.0 Å². The molecule has 2 aliphatic rings. The second kappa shape index (κ2) is 9.48. The molecule has 0 radical (unpaired) electrons. The third kappa shape index (κ3) is 4.38. The van der Waals surface area contributed by atoms with Crippen LogP contribution in [-0.4, -0.2) is 34.3 Å². The molecule has 6 heteroatoms. The summed E-state index contributed by atoms with van der Waals surface area (Å²) in [7, 11) is 1.64. The van der Waals surface area contributed by atoms with Gasteiger partial charge in [0.15, 0.2) is 0 Å². The highest BCUT2D eigenvalue weighted by Crippen LogP contribution is 2.52. The van der Waals surface area contributed by atoms with Crippen LogP contribution in [0.15, 0.2) is 36.4 Å². The van der Waals surface area contributed by atoms with Gasteiger partial charge in [-0.2, -0.15) is 0 Å². The molecule has 3 aromatic rings. The quantitative estimate of drug-likeness (QED) is 0.362. The van der Waals surface area contributed by atoms with Crippen molar-refractivity contribution in [3.63, 3.8) is 0 Å². The highest BCUT2D eigenvalue weighted by atomic mass is 16.6. The zero-order valence-corrected chi connectivity index (χ0v) is 23.4. The lowest BCUT2D eigenvalue weighted by molar-refractivity contribution is -0.150. The van der Waals surface area contributed by atoms with Gasteiger partial charge < -0.3 is 19.1 Å². The molecular weight excluding hydrogens is 478 g/mol. The highest BCUT2D eigenvalue weighted by molar-refractivity contribution is 5.99. The molecule has 0 bridgehead atoms. The summed E-state index contributed by atoms with van der Waals surface area (Å²) in [6, 6.07) is 11.9. The fourth-order valence-corrected chi connectivity index (χ4v) is 6.40. The Balaban J connectivity index is 1.84. The van der Waals surface area contributed by atoms with Gasteiger partial charge in [0.1, 0.15) is 11.4 Å². The number of aliphatic carboxylic acids is 1. The van der Waals surface area contributed by atoms with Crippen molar-refractivity contribution in [1.29, 1.82) is 0 Å². The maximum atomic E-state index is 13.1. The van der Waals surface area contributed by atoms with Gasteiger partial charge >= 0.3 is 11.9 Å². The second-order valence-electron chi connectivity index (χ2n) is 12.3. The van der Waals surface area contributed by atoms with Crippen molar-refractivity contribution >= 4 is 22.8 Å². The first-order valence-corrected chi connectivity index (χ1v) is 13.8. The summed E-state index contributed by atoms with van der Waals surface area (Å²) < 4.78 is 13.4. The number of esters is 1. The van der Waals surface area contributed by atoms with E-state index in [1.165, 1.54) is 24.8 Å². The molecule has 6 nitrogen and oxygen atoms in total. The Morgan fingerprint density at radius 3 is 2.39 bits per heavy atom. The summed E-state index contributed by atoms with van der Waals surface area (Å²) in [4.78, 5) is 25.9. The third-order valence-corrected chi connectivity index (χ3v) is 8.66.